The van der Waals surface area contributed by atoms with E-state index < -0.39 is 0 Å². The fraction of sp³-hybridized carbons (Fsp3) is 0.500. The molecule has 1 heterocycles. The van der Waals surface area contributed by atoms with Gasteiger partial charge in [0.05, 0.1) is 12.7 Å². The monoisotopic (exact) mass is 345 g/mol. The summed E-state index contributed by atoms with van der Waals surface area (Å²) in [6, 6.07) is 5.14. The van der Waals surface area contributed by atoms with Gasteiger partial charge in [0.1, 0.15) is 5.75 Å². The van der Waals surface area contributed by atoms with Crippen LogP contribution in [0.15, 0.2) is 18.2 Å². The Bertz CT molecular complexity index is 459. The molecule has 1 aromatic rings. The summed E-state index contributed by atoms with van der Waals surface area (Å²) in [6.07, 6.45) is 2.10. The summed E-state index contributed by atoms with van der Waals surface area (Å²) in [5, 5.41) is 1.59. The molecule has 19 heavy (non-hydrogen) atoms. The average Bonchev–Trinajstić information content (AvgIpc) is 2.46. The lowest BCUT2D eigenvalue weighted by molar-refractivity contribution is 0.0695. The van der Waals surface area contributed by atoms with Crippen LogP contribution in [0, 0.1) is 5.92 Å². The molecule has 104 valence electrons. The van der Waals surface area contributed by atoms with Crippen molar-refractivity contribution in [2.45, 2.75) is 12.8 Å². The molecule has 0 N–H and O–H groups in total. The number of methoxy groups -OCH3 is 1. The highest BCUT2D eigenvalue weighted by atomic mass is 79.9. The quantitative estimate of drug-likeness (QED) is 0.783. The number of ether oxygens (including phenoxy) is 1. The van der Waals surface area contributed by atoms with Gasteiger partial charge in [0.15, 0.2) is 0 Å². The van der Waals surface area contributed by atoms with Crippen molar-refractivity contribution in [3.05, 3.63) is 28.8 Å². The van der Waals surface area contributed by atoms with Gasteiger partial charge in [-0.2, -0.15) is 0 Å². The minimum Gasteiger partial charge on any atom is -0.496 e. The molecular weight excluding hydrogens is 330 g/mol. The molecule has 2 rings (SSSR count). The van der Waals surface area contributed by atoms with Crippen molar-refractivity contribution in [1.29, 1.82) is 0 Å². The number of carbonyl (C=O) groups excluding carboxylic acids is 1. The van der Waals surface area contributed by atoms with Crippen LogP contribution in [0.4, 0.5) is 0 Å². The maximum absolute atomic E-state index is 12.5. The molecule has 1 fully saturated rings. The van der Waals surface area contributed by atoms with E-state index in [9.17, 15) is 4.79 Å². The zero-order valence-electron chi connectivity index (χ0n) is 10.9. The molecule has 0 radical (unpaired) electrons. The third-order valence-corrected chi connectivity index (χ3v) is 4.66. The third kappa shape index (κ3) is 3.42. The largest absolute Gasteiger partial charge is 0.496 e. The van der Waals surface area contributed by atoms with Gasteiger partial charge in [0, 0.05) is 23.4 Å². The normalized spacial score (nSPS) is 16.5. The Balaban J connectivity index is 2.12. The smallest absolute Gasteiger partial charge is 0.257 e. The highest BCUT2D eigenvalue weighted by Gasteiger charge is 2.24. The molecule has 1 saturated heterocycles. The van der Waals surface area contributed by atoms with Crippen molar-refractivity contribution in [3.63, 3.8) is 0 Å². The van der Waals surface area contributed by atoms with Crippen molar-refractivity contribution in [1.82, 2.24) is 4.90 Å². The van der Waals surface area contributed by atoms with Crippen LogP contribution in [0.2, 0.25) is 5.02 Å². The maximum atomic E-state index is 12.5. The molecule has 0 bridgehead atoms. The Morgan fingerprint density at radius 1 is 1.47 bits per heavy atom. The fourth-order valence-corrected chi connectivity index (χ4v) is 3.11. The lowest BCUT2D eigenvalue weighted by atomic mass is 9.98. The van der Waals surface area contributed by atoms with E-state index in [0.717, 1.165) is 31.3 Å². The van der Waals surface area contributed by atoms with Gasteiger partial charge in [-0.05, 0) is 37.0 Å². The molecule has 1 aliphatic heterocycles. The molecular formula is C14H17BrClNO2. The topological polar surface area (TPSA) is 29.5 Å². The number of benzene rings is 1. The lowest BCUT2D eigenvalue weighted by Crippen LogP contribution is -2.38. The standard InChI is InChI=1S/C14H17BrClNO2/c1-19-13-8-11(16)2-3-12(13)14(18)17-6-4-10(9-15)5-7-17/h2-3,8,10H,4-7,9H2,1H3. The van der Waals surface area contributed by atoms with E-state index in [-0.39, 0.29) is 5.91 Å². The molecule has 0 spiro atoms. The number of hydrogen-bond acceptors (Lipinski definition) is 2. The molecule has 1 amide bonds. The second-order valence-electron chi connectivity index (χ2n) is 4.73. The van der Waals surface area contributed by atoms with E-state index in [0.29, 0.717) is 22.3 Å². The number of amides is 1. The van der Waals surface area contributed by atoms with Gasteiger partial charge in [-0.25, -0.2) is 0 Å². The summed E-state index contributed by atoms with van der Waals surface area (Å²) in [7, 11) is 1.56. The second kappa shape index (κ2) is 6.62. The molecule has 3 nitrogen and oxygen atoms in total. The van der Waals surface area contributed by atoms with Crippen LogP contribution < -0.4 is 4.74 Å². The SMILES string of the molecule is COc1cc(Cl)ccc1C(=O)N1CCC(CBr)CC1. The number of nitrogens with zero attached hydrogens (tertiary/aromatic N) is 1. The van der Waals surface area contributed by atoms with Crippen molar-refractivity contribution in [2.24, 2.45) is 5.92 Å². The highest BCUT2D eigenvalue weighted by Crippen LogP contribution is 2.26. The summed E-state index contributed by atoms with van der Waals surface area (Å²) in [6.45, 7) is 1.61. The van der Waals surface area contributed by atoms with Crippen LogP contribution in [0.25, 0.3) is 0 Å². The first-order valence-electron chi connectivity index (χ1n) is 6.34. The van der Waals surface area contributed by atoms with E-state index in [2.05, 4.69) is 15.9 Å². The van der Waals surface area contributed by atoms with Crippen LogP contribution in [0.1, 0.15) is 23.2 Å². The molecule has 5 heteroatoms. The molecule has 0 aliphatic carbocycles. The van der Waals surface area contributed by atoms with Crippen LogP contribution in [-0.2, 0) is 0 Å². The number of carbonyl (C=O) groups is 1. The van der Waals surface area contributed by atoms with Crippen molar-refractivity contribution < 1.29 is 9.53 Å². The van der Waals surface area contributed by atoms with E-state index in [4.69, 9.17) is 16.3 Å². The van der Waals surface area contributed by atoms with E-state index in [1.54, 1.807) is 25.3 Å². The van der Waals surface area contributed by atoms with Crippen LogP contribution in [0.5, 0.6) is 5.75 Å². The highest BCUT2D eigenvalue weighted by molar-refractivity contribution is 9.09. The van der Waals surface area contributed by atoms with Gasteiger partial charge < -0.3 is 9.64 Å². The first kappa shape index (κ1) is 14.7. The molecule has 0 atom stereocenters. The Hall–Kier alpha value is -0.740. The van der Waals surface area contributed by atoms with Crippen molar-refractivity contribution in [3.8, 4) is 5.75 Å². The summed E-state index contributed by atoms with van der Waals surface area (Å²) >= 11 is 9.42. The molecule has 1 aliphatic rings. The van der Waals surface area contributed by atoms with Crippen LogP contribution in [0.3, 0.4) is 0 Å². The zero-order chi connectivity index (χ0) is 13.8. The Labute approximate surface area is 127 Å². The van der Waals surface area contributed by atoms with Gasteiger partial charge in [0.2, 0.25) is 0 Å². The van der Waals surface area contributed by atoms with Crippen molar-refractivity contribution >= 4 is 33.4 Å². The molecule has 0 unspecified atom stereocenters. The van der Waals surface area contributed by atoms with Gasteiger partial charge >= 0.3 is 0 Å². The number of alkyl halides is 1. The Kier molecular flexibility index (Phi) is 5.11. The minimum absolute atomic E-state index is 0.0292. The summed E-state index contributed by atoms with van der Waals surface area (Å²) < 4.78 is 5.24. The first-order chi connectivity index (χ1) is 9.15. The minimum atomic E-state index is 0.0292. The maximum Gasteiger partial charge on any atom is 0.257 e. The number of hydrogen-bond donors (Lipinski definition) is 0. The number of halogens is 2. The van der Waals surface area contributed by atoms with E-state index in [1.807, 2.05) is 4.90 Å². The second-order valence-corrected chi connectivity index (χ2v) is 5.82. The summed E-state index contributed by atoms with van der Waals surface area (Å²) in [5.74, 6) is 1.25. The van der Waals surface area contributed by atoms with Gasteiger partial charge in [-0.15, -0.1) is 0 Å². The molecule has 0 saturated carbocycles. The number of rotatable bonds is 3. The third-order valence-electron chi connectivity index (χ3n) is 3.51. The van der Waals surface area contributed by atoms with Gasteiger partial charge in [-0.1, -0.05) is 27.5 Å². The first-order valence-corrected chi connectivity index (χ1v) is 7.84. The van der Waals surface area contributed by atoms with Gasteiger partial charge in [-0.3, -0.25) is 4.79 Å². The number of likely N-dealkylation sites (tertiary alicyclic amines) is 1. The van der Waals surface area contributed by atoms with E-state index in [1.165, 1.54) is 0 Å². The summed E-state index contributed by atoms with van der Waals surface area (Å²) in [4.78, 5) is 14.4. The van der Waals surface area contributed by atoms with E-state index >= 15 is 0 Å². The average molecular weight is 347 g/mol. The summed E-state index contributed by atoms with van der Waals surface area (Å²) in [5.41, 5.74) is 0.587. The zero-order valence-corrected chi connectivity index (χ0v) is 13.2. The van der Waals surface area contributed by atoms with Crippen molar-refractivity contribution in [2.75, 3.05) is 25.5 Å². The lowest BCUT2D eigenvalue weighted by Gasteiger charge is -2.31. The Morgan fingerprint density at radius 3 is 2.74 bits per heavy atom. The van der Waals surface area contributed by atoms with Crippen LogP contribution in [-0.4, -0.2) is 36.3 Å². The predicted molar refractivity (Wildman–Crippen MR) is 80.4 cm³/mol. The number of piperidine rings is 1. The predicted octanol–water partition coefficient (Wildman–Crippen LogP) is 3.60. The fourth-order valence-electron chi connectivity index (χ4n) is 2.30. The molecule has 0 aromatic heterocycles. The Morgan fingerprint density at radius 2 is 2.16 bits per heavy atom. The van der Waals surface area contributed by atoms with Gasteiger partial charge in [0.25, 0.3) is 5.91 Å². The van der Waals surface area contributed by atoms with Crippen LogP contribution >= 0.6 is 27.5 Å². The molecule has 1 aromatic carbocycles.